The number of anilines is 1. The Labute approximate surface area is 106 Å². The van der Waals surface area contributed by atoms with Crippen molar-refractivity contribution in [3.63, 3.8) is 0 Å². The Hall–Kier alpha value is -1.52. The van der Waals surface area contributed by atoms with E-state index in [9.17, 15) is 9.18 Å². The van der Waals surface area contributed by atoms with Crippen LogP contribution in [0.4, 0.5) is 10.2 Å². The van der Waals surface area contributed by atoms with Crippen molar-refractivity contribution in [2.75, 3.05) is 18.0 Å². The molecular weight excluding hydrogens is 233 g/mol. The lowest BCUT2D eigenvalue weighted by Gasteiger charge is -2.32. The Kier molecular flexibility index (Phi) is 3.89. The van der Waals surface area contributed by atoms with Crippen LogP contribution in [0.25, 0.3) is 0 Å². The van der Waals surface area contributed by atoms with Gasteiger partial charge in [0.25, 0.3) is 0 Å². The number of rotatable bonds is 3. The number of aromatic nitrogens is 2. The lowest BCUT2D eigenvalue weighted by atomic mass is 9.94. The molecule has 0 aromatic carbocycles. The van der Waals surface area contributed by atoms with Crippen LogP contribution in [0.3, 0.4) is 0 Å². The van der Waals surface area contributed by atoms with Crippen LogP contribution in [0.5, 0.6) is 0 Å². The van der Waals surface area contributed by atoms with E-state index in [4.69, 9.17) is 0 Å². The van der Waals surface area contributed by atoms with E-state index in [1.54, 1.807) is 6.92 Å². The van der Waals surface area contributed by atoms with Gasteiger partial charge in [-0.1, -0.05) is 6.92 Å². The summed E-state index contributed by atoms with van der Waals surface area (Å²) in [4.78, 5) is 21.3. The monoisotopic (exact) mass is 251 g/mol. The molecule has 1 aromatic rings. The quantitative estimate of drug-likeness (QED) is 0.824. The van der Waals surface area contributed by atoms with Crippen LogP contribution < -0.4 is 4.90 Å². The number of carbonyl (C=O) groups is 1. The second kappa shape index (κ2) is 5.42. The summed E-state index contributed by atoms with van der Waals surface area (Å²) in [7, 11) is 0. The van der Waals surface area contributed by atoms with Crippen molar-refractivity contribution in [3.8, 4) is 0 Å². The minimum absolute atomic E-state index is 0.00167. The maximum Gasteiger partial charge on any atom is 0.187 e. The molecule has 0 radical (unpaired) electrons. The molecule has 5 heteroatoms. The maximum atomic E-state index is 14.1. The van der Waals surface area contributed by atoms with E-state index < -0.39 is 0 Å². The largest absolute Gasteiger partial charge is 0.353 e. The summed E-state index contributed by atoms with van der Waals surface area (Å²) >= 11 is 0. The number of piperidine rings is 1. The molecular formula is C13H18FN3O. The first-order valence-electron chi connectivity index (χ1n) is 6.38. The fourth-order valence-electron chi connectivity index (χ4n) is 2.36. The maximum absolute atomic E-state index is 14.1. The molecule has 4 nitrogen and oxygen atoms in total. The van der Waals surface area contributed by atoms with Crippen LogP contribution in [-0.2, 0) is 11.2 Å². The van der Waals surface area contributed by atoms with Crippen LogP contribution in [0.2, 0.25) is 0 Å². The number of nitrogens with zero attached hydrogens (tertiary/aromatic N) is 3. The fraction of sp³-hybridized carbons (Fsp3) is 0.615. The third kappa shape index (κ3) is 2.49. The van der Waals surface area contributed by atoms with Gasteiger partial charge in [-0.2, -0.15) is 0 Å². The SMILES string of the molecule is CCc1ncnc(N2CCCC(C(C)=O)C2)c1F. The molecule has 1 saturated heterocycles. The van der Waals surface area contributed by atoms with Gasteiger partial charge in [0, 0.05) is 19.0 Å². The minimum Gasteiger partial charge on any atom is -0.353 e. The zero-order valence-corrected chi connectivity index (χ0v) is 10.8. The summed E-state index contributed by atoms with van der Waals surface area (Å²) in [5.41, 5.74) is 0.435. The Morgan fingerprint density at radius 1 is 1.56 bits per heavy atom. The Morgan fingerprint density at radius 2 is 2.33 bits per heavy atom. The van der Waals surface area contributed by atoms with Gasteiger partial charge in [-0.3, -0.25) is 4.79 Å². The van der Waals surface area contributed by atoms with Crippen LogP contribution in [0.1, 0.15) is 32.4 Å². The summed E-state index contributed by atoms with van der Waals surface area (Å²) in [6.45, 7) is 4.78. The van der Waals surface area contributed by atoms with Crippen molar-refractivity contribution in [1.82, 2.24) is 9.97 Å². The number of carbonyl (C=O) groups excluding carboxylic acids is 1. The molecule has 0 spiro atoms. The van der Waals surface area contributed by atoms with E-state index in [0.717, 1.165) is 19.4 Å². The average molecular weight is 251 g/mol. The standard InChI is InChI=1S/C13H18FN3O/c1-3-11-12(14)13(16-8-15-11)17-6-4-5-10(7-17)9(2)18/h8,10H,3-7H2,1-2H3. The number of aryl methyl sites for hydroxylation is 1. The first kappa shape index (κ1) is 12.9. The molecule has 2 heterocycles. The second-order valence-corrected chi connectivity index (χ2v) is 4.71. The molecule has 2 rings (SSSR count). The first-order chi connectivity index (χ1) is 8.63. The van der Waals surface area contributed by atoms with Gasteiger partial charge in [0.15, 0.2) is 11.6 Å². The van der Waals surface area contributed by atoms with Gasteiger partial charge in [-0.15, -0.1) is 0 Å². The van der Waals surface area contributed by atoms with E-state index in [1.807, 2.05) is 11.8 Å². The van der Waals surface area contributed by atoms with E-state index in [0.29, 0.717) is 24.5 Å². The Bertz CT molecular complexity index is 450. The highest BCUT2D eigenvalue weighted by atomic mass is 19.1. The molecule has 1 aliphatic rings. The van der Waals surface area contributed by atoms with Gasteiger partial charge >= 0.3 is 0 Å². The summed E-state index contributed by atoms with van der Waals surface area (Å²) in [5.74, 6) is 0.167. The Balaban J connectivity index is 2.23. The predicted octanol–water partition coefficient (Wildman–Crippen LogP) is 1.98. The van der Waals surface area contributed by atoms with Gasteiger partial charge in [0.2, 0.25) is 0 Å². The second-order valence-electron chi connectivity index (χ2n) is 4.71. The summed E-state index contributed by atoms with van der Waals surface area (Å²) < 4.78 is 14.1. The zero-order valence-electron chi connectivity index (χ0n) is 10.8. The van der Waals surface area contributed by atoms with Crippen LogP contribution in [0, 0.1) is 11.7 Å². The van der Waals surface area contributed by atoms with Crippen LogP contribution in [0.15, 0.2) is 6.33 Å². The lowest BCUT2D eigenvalue weighted by molar-refractivity contribution is -0.120. The molecule has 18 heavy (non-hydrogen) atoms. The van der Waals surface area contributed by atoms with Gasteiger partial charge in [-0.05, 0) is 26.2 Å². The lowest BCUT2D eigenvalue weighted by Crippen LogP contribution is -2.39. The summed E-state index contributed by atoms with van der Waals surface area (Å²) in [6.07, 6.45) is 3.73. The molecule has 1 unspecified atom stereocenters. The van der Waals surface area contributed by atoms with Gasteiger partial charge in [-0.25, -0.2) is 14.4 Å². The topological polar surface area (TPSA) is 46.1 Å². The third-order valence-corrected chi connectivity index (χ3v) is 3.47. The third-order valence-electron chi connectivity index (χ3n) is 3.47. The predicted molar refractivity (Wildman–Crippen MR) is 67.0 cm³/mol. The van der Waals surface area contributed by atoms with Crippen molar-refractivity contribution < 1.29 is 9.18 Å². The number of Topliss-reactive ketones (excluding diaryl/α,β-unsaturated/α-hetero) is 1. The molecule has 0 saturated carbocycles. The molecule has 0 N–H and O–H groups in total. The highest BCUT2D eigenvalue weighted by molar-refractivity contribution is 5.79. The van der Waals surface area contributed by atoms with E-state index in [1.165, 1.54) is 6.33 Å². The van der Waals surface area contributed by atoms with E-state index in [-0.39, 0.29) is 17.5 Å². The molecule has 1 fully saturated rings. The first-order valence-corrected chi connectivity index (χ1v) is 6.38. The van der Waals surface area contributed by atoms with Crippen molar-refractivity contribution in [3.05, 3.63) is 17.8 Å². The van der Waals surface area contributed by atoms with Crippen LogP contribution >= 0.6 is 0 Å². The van der Waals surface area contributed by atoms with E-state index in [2.05, 4.69) is 9.97 Å². The summed E-state index contributed by atoms with van der Waals surface area (Å²) in [5, 5.41) is 0. The molecule has 0 bridgehead atoms. The molecule has 1 aromatic heterocycles. The fourth-order valence-corrected chi connectivity index (χ4v) is 2.36. The Morgan fingerprint density at radius 3 is 3.00 bits per heavy atom. The molecule has 0 aliphatic carbocycles. The van der Waals surface area contributed by atoms with Gasteiger partial charge in [0.05, 0.1) is 5.69 Å². The van der Waals surface area contributed by atoms with Gasteiger partial charge in [0.1, 0.15) is 12.1 Å². The highest BCUT2D eigenvalue weighted by Gasteiger charge is 2.26. The zero-order chi connectivity index (χ0) is 13.1. The van der Waals surface area contributed by atoms with Gasteiger partial charge < -0.3 is 4.90 Å². The van der Waals surface area contributed by atoms with Crippen LogP contribution in [-0.4, -0.2) is 28.8 Å². The number of ketones is 1. The minimum atomic E-state index is -0.343. The van der Waals surface area contributed by atoms with E-state index >= 15 is 0 Å². The van der Waals surface area contributed by atoms with Crippen molar-refractivity contribution >= 4 is 11.6 Å². The molecule has 1 aliphatic heterocycles. The number of hydrogen-bond donors (Lipinski definition) is 0. The number of hydrogen-bond acceptors (Lipinski definition) is 4. The van der Waals surface area contributed by atoms with Crippen molar-refractivity contribution in [1.29, 1.82) is 0 Å². The molecule has 0 amide bonds. The van der Waals surface area contributed by atoms with Crippen molar-refractivity contribution in [2.24, 2.45) is 5.92 Å². The van der Waals surface area contributed by atoms with Crippen molar-refractivity contribution in [2.45, 2.75) is 33.1 Å². The average Bonchev–Trinajstić information content (AvgIpc) is 2.39. The molecule has 98 valence electrons. The highest BCUT2D eigenvalue weighted by Crippen LogP contribution is 2.25. The molecule has 1 atom stereocenters. The smallest absolute Gasteiger partial charge is 0.187 e. The number of halogens is 1. The summed E-state index contributed by atoms with van der Waals surface area (Å²) in [6, 6.07) is 0. The normalized spacial score (nSPS) is 19.9.